The van der Waals surface area contributed by atoms with Crippen LogP contribution in [0.1, 0.15) is 45.4 Å². The van der Waals surface area contributed by atoms with Gasteiger partial charge in [0.25, 0.3) is 5.91 Å². The van der Waals surface area contributed by atoms with Crippen molar-refractivity contribution in [3.8, 4) is 0 Å². The molecule has 9 heteroatoms. The molecule has 3 heterocycles. The molecule has 150 valence electrons. The molecule has 4 rings (SSSR count). The first-order valence-corrected chi connectivity index (χ1v) is 11.4. The van der Waals surface area contributed by atoms with Gasteiger partial charge in [-0.1, -0.05) is 0 Å². The normalized spacial score (nSPS) is 25.3. The summed E-state index contributed by atoms with van der Waals surface area (Å²) < 4.78 is 35.1. The van der Waals surface area contributed by atoms with E-state index in [4.69, 9.17) is 4.74 Å². The van der Waals surface area contributed by atoms with Gasteiger partial charge in [-0.25, -0.2) is 17.7 Å². The summed E-state index contributed by atoms with van der Waals surface area (Å²) in [6.07, 6.45) is 5.65. The van der Waals surface area contributed by atoms with Gasteiger partial charge < -0.3 is 14.2 Å². The molecule has 1 aromatic rings. The maximum absolute atomic E-state index is 12.9. The van der Waals surface area contributed by atoms with Crippen LogP contribution >= 0.6 is 0 Å². The zero-order valence-electron chi connectivity index (χ0n) is 16.0. The van der Waals surface area contributed by atoms with Crippen LogP contribution in [0, 0.1) is 0 Å². The molecule has 1 amide bonds. The molecule has 27 heavy (non-hydrogen) atoms. The molecule has 8 nitrogen and oxygen atoms in total. The fourth-order valence-corrected chi connectivity index (χ4v) is 6.13. The molecule has 2 fully saturated rings. The Hall–Kier alpha value is -1.45. The summed E-state index contributed by atoms with van der Waals surface area (Å²) >= 11 is 0. The van der Waals surface area contributed by atoms with Gasteiger partial charge in [0.05, 0.1) is 11.8 Å². The van der Waals surface area contributed by atoms with E-state index in [1.165, 1.54) is 0 Å². The predicted octanol–water partition coefficient (Wildman–Crippen LogP) is 0.934. The number of carbonyl (C=O) groups excluding carboxylic acids is 1. The molecule has 1 spiro atoms. The van der Waals surface area contributed by atoms with Crippen molar-refractivity contribution in [2.24, 2.45) is 0 Å². The van der Waals surface area contributed by atoms with Crippen LogP contribution in [0.3, 0.4) is 0 Å². The molecule has 1 saturated heterocycles. The molecule has 1 aromatic heterocycles. The zero-order valence-corrected chi connectivity index (χ0v) is 16.8. The highest BCUT2D eigenvalue weighted by Crippen LogP contribution is 2.42. The minimum Gasteiger partial charge on any atom is -0.352 e. The minimum atomic E-state index is -3.18. The lowest BCUT2D eigenvalue weighted by molar-refractivity contribution is -0.178. The van der Waals surface area contributed by atoms with Crippen molar-refractivity contribution >= 4 is 15.9 Å². The summed E-state index contributed by atoms with van der Waals surface area (Å²) in [7, 11) is -3.18. The SMILES string of the molecule is CCN(CC)C(=O)C1Cn2ccnc2C2(CCN(S(=O)(=O)C3CC3)CC2)O1. The van der Waals surface area contributed by atoms with Crippen LogP contribution in [0.4, 0.5) is 0 Å². The fourth-order valence-electron chi connectivity index (χ4n) is 4.28. The Bertz CT molecular complexity index is 805. The summed E-state index contributed by atoms with van der Waals surface area (Å²) in [5.41, 5.74) is -0.690. The lowest BCUT2D eigenvalue weighted by atomic mass is 9.89. The minimum absolute atomic E-state index is 0.00763. The summed E-state index contributed by atoms with van der Waals surface area (Å²) in [6.45, 7) is 6.50. The van der Waals surface area contributed by atoms with Gasteiger partial charge in [0, 0.05) is 38.6 Å². The Morgan fingerprint density at radius 1 is 1.30 bits per heavy atom. The first-order valence-electron chi connectivity index (χ1n) is 9.88. The number of ether oxygens (including phenoxy) is 1. The first kappa shape index (κ1) is 18.9. The molecular weight excluding hydrogens is 368 g/mol. The van der Waals surface area contributed by atoms with Gasteiger partial charge in [-0.15, -0.1) is 0 Å². The van der Waals surface area contributed by atoms with Gasteiger partial charge in [-0.3, -0.25) is 4.79 Å². The molecule has 1 saturated carbocycles. The largest absolute Gasteiger partial charge is 0.352 e. The van der Waals surface area contributed by atoms with Crippen molar-refractivity contribution in [1.82, 2.24) is 18.8 Å². The highest BCUT2D eigenvalue weighted by Gasteiger charge is 2.50. The molecule has 0 radical (unpaired) electrons. The van der Waals surface area contributed by atoms with Gasteiger partial charge in [0.1, 0.15) is 11.4 Å². The number of likely N-dealkylation sites (N-methyl/N-ethyl adjacent to an activating group) is 1. The second kappa shape index (κ2) is 6.86. The van der Waals surface area contributed by atoms with E-state index in [1.54, 1.807) is 15.4 Å². The molecule has 3 aliphatic rings. The van der Waals surface area contributed by atoms with Crippen LogP contribution in [0.15, 0.2) is 12.4 Å². The average Bonchev–Trinajstić information content (AvgIpc) is 3.42. The molecule has 1 aliphatic carbocycles. The number of rotatable bonds is 5. The summed E-state index contributed by atoms with van der Waals surface area (Å²) in [4.78, 5) is 19.2. The molecule has 0 bridgehead atoms. The number of hydrogen-bond donors (Lipinski definition) is 0. The van der Waals surface area contributed by atoms with E-state index in [2.05, 4.69) is 4.98 Å². The monoisotopic (exact) mass is 396 g/mol. The fraction of sp³-hybridized carbons (Fsp3) is 0.778. The van der Waals surface area contributed by atoms with Crippen molar-refractivity contribution in [2.75, 3.05) is 26.2 Å². The van der Waals surface area contributed by atoms with Crippen molar-refractivity contribution in [1.29, 1.82) is 0 Å². The Morgan fingerprint density at radius 2 is 1.96 bits per heavy atom. The maximum Gasteiger partial charge on any atom is 0.253 e. The number of sulfonamides is 1. The van der Waals surface area contributed by atoms with Crippen molar-refractivity contribution in [3.63, 3.8) is 0 Å². The van der Waals surface area contributed by atoms with Crippen molar-refractivity contribution < 1.29 is 17.9 Å². The van der Waals surface area contributed by atoms with Gasteiger partial charge in [-0.2, -0.15) is 0 Å². The average molecular weight is 397 g/mol. The Labute approximate surface area is 160 Å². The van der Waals surface area contributed by atoms with Crippen LogP contribution in [0.2, 0.25) is 0 Å². The summed E-state index contributed by atoms with van der Waals surface area (Å²) in [5.74, 6) is 0.807. The number of piperidine rings is 1. The standard InChI is InChI=1S/C18H28N4O4S/c1-3-20(4-2)16(23)15-13-21-12-9-19-17(21)18(26-15)7-10-22(11-8-18)27(24,25)14-5-6-14/h9,12,14-15H,3-8,10-11,13H2,1-2H3. The second-order valence-corrected chi connectivity index (χ2v) is 9.87. The number of carbonyl (C=O) groups is 1. The topological polar surface area (TPSA) is 84.7 Å². The Kier molecular flexibility index (Phi) is 4.80. The predicted molar refractivity (Wildman–Crippen MR) is 99.5 cm³/mol. The van der Waals surface area contributed by atoms with E-state index in [1.807, 2.05) is 24.6 Å². The van der Waals surface area contributed by atoms with Crippen molar-refractivity contribution in [2.45, 2.75) is 63.0 Å². The van der Waals surface area contributed by atoms with Crippen LogP contribution < -0.4 is 0 Å². The van der Waals surface area contributed by atoms with Crippen LogP contribution in [-0.4, -0.2) is 70.6 Å². The highest BCUT2D eigenvalue weighted by atomic mass is 32.2. The Balaban J connectivity index is 1.56. The molecular formula is C18H28N4O4S. The first-order chi connectivity index (χ1) is 12.9. The number of fused-ring (bicyclic) bond motifs is 2. The van der Waals surface area contributed by atoms with Crippen LogP contribution in [0.25, 0.3) is 0 Å². The zero-order chi connectivity index (χ0) is 19.2. The quantitative estimate of drug-likeness (QED) is 0.739. The third-order valence-electron chi connectivity index (χ3n) is 6.04. The Morgan fingerprint density at radius 3 is 2.56 bits per heavy atom. The van der Waals surface area contributed by atoms with Gasteiger partial charge in [0.15, 0.2) is 6.10 Å². The van der Waals surface area contributed by atoms with Crippen molar-refractivity contribution in [3.05, 3.63) is 18.2 Å². The number of aromatic nitrogens is 2. The molecule has 1 unspecified atom stereocenters. The van der Waals surface area contributed by atoms with Crippen LogP contribution in [-0.2, 0) is 31.7 Å². The third-order valence-corrected chi connectivity index (χ3v) is 8.44. The van der Waals surface area contributed by atoms with E-state index in [9.17, 15) is 13.2 Å². The highest BCUT2D eigenvalue weighted by molar-refractivity contribution is 7.90. The van der Waals surface area contributed by atoms with E-state index in [-0.39, 0.29) is 11.2 Å². The van der Waals surface area contributed by atoms with E-state index >= 15 is 0 Å². The number of nitrogens with zero attached hydrogens (tertiary/aromatic N) is 4. The van der Waals surface area contributed by atoms with E-state index in [0.717, 1.165) is 18.7 Å². The molecule has 2 aliphatic heterocycles. The second-order valence-electron chi connectivity index (χ2n) is 7.66. The molecule has 0 aromatic carbocycles. The number of imidazole rings is 1. The summed E-state index contributed by atoms with van der Waals surface area (Å²) in [5, 5.41) is -0.196. The molecule has 0 N–H and O–H groups in total. The summed E-state index contributed by atoms with van der Waals surface area (Å²) in [6, 6.07) is 0. The van der Waals surface area contributed by atoms with Gasteiger partial charge in [0.2, 0.25) is 10.0 Å². The maximum atomic E-state index is 12.9. The number of amides is 1. The lowest BCUT2D eigenvalue weighted by Crippen LogP contribution is -2.55. The van der Waals surface area contributed by atoms with E-state index in [0.29, 0.717) is 45.6 Å². The number of hydrogen-bond acceptors (Lipinski definition) is 5. The van der Waals surface area contributed by atoms with E-state index < -0.39 is 21.7 Å². The smallest absolute Gasteiger partial charge is 0.253 e. The lowest BCUT2D eigenvalue weighted by Gasteiger charge is -2.45. The van der Waals surface area contributed by atoms with Gasteiger partial charge >= 0.3 is 0 Å². The third kappa shape index (κ3) is 3.19. The molecule has 1 atom stereocenters. The van der Waals surface area contributed by atoms with Gasteiger partial charge in [-0.05, 0) is 39.5 Å². The van der Waals surface area contributed by atoms with Crippen LogP contribution in [0.5, 0.6) is 0 Å².